The van der Waals surface area contributed by atoms with Crippen LogP contribution in [0.25, 0.3) is 0 Å². The number of hydrogen-bond donors (Lipinski definition) is 0. The molecule has 82 valence electrons. The van der Waals surface area contributed by atoms with Gasteiger partial charge in [0.05, 0.1) is 5.56 Å². The minimum Gasteiger partial charge on any atom is -0.342 e. The molecule has 0 spiro atoms. The quantitative estimate of drug-likeness (QED) is 0.754. The molecule has 0 fully saturated rings. The topological polar surface area (TPSA) is 46.1 Å². The number of unbranched alkanes of at least 4 members (excludes halogenated alkanes) is 1. The van der Waals surface area contributed by atoms with Gasteiger partial charge < -0.3 is 4.90 Å². The van der Waals surface area contributed by atoms with Crippen LogP contribution in [0.3, 0.4) is 0 Å². The lowest BCUT2D eigenvalue weighted by atomic mass is 10.2. The average molecular weight is 207 g/mol. The molecule has 0 aliphatic carbocycles. The molecule has 1 amide bonds. The highest BCUT2D eigenvalue weighted by Gasteiger charge is 2.11. The number of carbonyl (C=O) groups is 1. The van der Waals surface area contributed by atoms with Gasteiger partial charge in [0.1, 0.15) is 5.82 Å². The Hall–Kier alpha value is -1.45. The summed E-state index contributed by atoms with van der Waals surface area (Å²) >= 11 is 0. The van der Waals surface area contributed by atoms with Crippen LogP contribution in [0.2, 0.25) is 0 Å². The van der Waals surface area contributed by atoms with E-state index >= 15 is 0 Å². The molecule has 0 saturated heterocycles. The number of rotatable bonds is 4. The average Bonchev–Trinajstić information content (AvgIpc) is 2.26. The van der Waals surface area contributed by atoms with E-state index in [2.05, 4.69) is 16.9 Å². The molecular formula is C11H17N3O. The SMILES string of the molecule is CCCCN(C)C(=O)c1cnc(C)nc1. The van der Waals surface area contributed by atoms with E-state index in [4.69, 9.17) is 0 Å². The molecule has 0 bridgehead atoms. The number of hydrogen-bond acceptors (Lipinski definition) is 3. The van der Waals surface area contributed by atoms with Gasteiger partial charge in [0.25, 0.3) is 5.91 Å². The third-order valence-corrected chi connectivity index (χ3v) is 2.22. The second-order valence-electron chi connectivity index (χ2n) is 3.60. The fourth-order valence-electron chi connectivity index (χ4n) is 1.22. The lowest BCUT2D eigenvalue weighted by Gasteiger charge is -2.16. The van der Waals surface area contributed by atoms with Crippen LogP contribution in [-0.2, 0) is 0 Å². The summed E-state index contributed by atoms with van der Waals surface area (Å²) in [5.41, 5.74) is 0.555. The van der Waals surface area contributed by atoms with Crippen LogP contribution in [0, 0.1) is 6.92 Å². The Kier molecular flexibility index (Phi) is 4.21. The number of aromatic nitrogens is 2. The Labute approximate surface area is 90.3 Å². The van der Waals surface area contributed by atoms with Gasteiger partial charge in [0.15, 0.2) is 0 Å². The first kappa shape index (κ1) is 11.6. The predicted molar refractivity (Wildman–Crippen MR) is 58.6 cm³/mol. The third kappa shape index (κ3) is 3.31. The summed E-state index contributed by atoms with van der Waals surface area (Å²) in [6.45, 7) is 4.69. The van der Waals surface area contributed by atoms with E-state index in [1.807, 2.05) is 0 Å². The van der Waals surface area contributed by atoms with Crippen molar-refractivity contribution in [3.63, 3.8) is 0 Å². The Balaban J connectivity index is 2.63. The molecule has 0 radical (unpaired) electrons. The second-order valence-corrected chi connectivity index (χ2v) is 3.60. The van der Waals surface area contributed by atoms with Crippen LogP contribution in [0.15, 0.2) is 12.4 Å². The van der Waals surface area contributed by atoms with Crippen LogP contribution in [-0.4, -0.2) is 34.4 Å². The van der Waals surface area contributed by atoms with Crippen molar-refractivity contribution in [3.8, 4) is 0 Å². The monoisotopic (exact) mass is 207 g/mol. The summed E-state index contributed by atoms with van der Waals surface area (Å²) < 4.78 is 0. The van der Waals surface area contributed by atoms with Gasteiger partial charge in [-0.05, 0) is 13.3 Å². The molecule has 0 unspecified atom stereocenters. The van der Waals surface area contributed by atoms with Crippen LogP contribution >= 0.6 is 0 Å². The normalized spacial score (nSPS) is 10.1. The van der Waals surface area contributed by atoms with Crippen molar-refractivity contribution >= 4 is 5.91 Å². The Bertz CT molecular complexity index is 321. The van der Waals surface area contributed by atoms with E-state index in [9.17, 15) is 4.79 Å². The first-order valence-corrected chi connectivity index (χ1v) is 5.19. The van der Waals surface area contributed by atoms with E-state index in [0.29, 0.717) is 11.4 Å². The largest absolute Gasteiger partial charge is 0.342 e. The first-order chi connectivity index (χ1) is 7.15. The fourth-order valence-corrected chi connectivity index (χ4v) is 1.22. The number of amides is 1. The van der Waals surface area contributed by atoms with E-state index in [1.54, 1.807) is 31.3 Å². The number of carbonyl (C=O) groups excluding carboxylic acids is 1. The molecule has 1 rings (SSSR count). The van der Waals surface area contributed by atoms with Gasteiger partial charge in [-0.2, -0.15) is 0 Å². The maximum Gasteiger partial charge on any atom is 0.256 e. The lowest BCUT2D eigenvalue weighted by Crippen LogP contribution is -2.27. The molecule has 0 aliphatic rings. The summed E-state index contributed by atoms with van der Waals surface area (Å²) in [5, 5.41) is 0. The van der Waals surface area contributed by atoms with Crippen molar-refractivity contribution in [2.75, 3.05) is 13.6 Å². The molecule has 15 heavy (non-hydrogen) atoms. The van der Waals surface area contributed by atoms with Gasteiger partial charge in [-0.15, -0.1) is 0 Å². The number of nitrogens with zero attached hydrogens (tertiary/aromatic N) is 3. The Morgan fingerprint density at radius 2 is 2.00 bits per heavy atom. The van der Waals surface area contributed by atoms with Gasteiger partial charge >= 0.3 is 0 Å². The summed E-state index contributed by atoms with van der Waals surface area (Å²) in [4.78, 5) is 21.5. The molecule has 0 saturated carbocycles. The molecule has 0 aromatic carbocycles. The van der Waals surface area contributed by atoms with Crippen LogP contribution in [0.5, 0.6) is 0 Å². The zero-order valence-corrected chi connectivity index (χ0v) is 9.53. The van der Waals surface area contributed by atoms with Crippen LogP contribution in [0.4, 0.5) is 0 Å². The minimum atomic E-state index is -0.0107. The maximum atomic E-state index is 11.8. The molecule has 4 heteroatoms. The lowest BCUT2D eigenvalue weighted by molar-refractivity contribution is 0.0792. The highest BCUT2D eigenvalue weighted by Crippen LogP contribution is 2.02. The van der Waals surface area contributed by atoms with Gasteiger partial charge in [-0.3, -0.25) is 4.79 Å². The van der Waals surface area contributed by atoms with Crippen molar-refractivity contribution < 1.29 is 4.79 Å². The number of aryl methyl sites for hydroxylation is 1. The van der Waals surface area contributed by atoms with Gasteiger partial charge in [0.2, 0.25) is 0 Å². The molecular weight excluding hydrogens is 190 g/mol. The van der Waals surface area contributed by atoms with Crippen molar-refractivity contribution in [1.29, 1.82) is 0 Å². The third-order valence-electron chi connectivity index (χ3n) is 2.22. The second kappa shape index (κ2) is 5.44. The molecule has 1 aromatic rings. The summed E-state index contributed by atoms with van der Waals surface area (Å²) in [7, 11) is 1.80. The van der Waals surface area contributed by atoms with Gasteiger partial charge in [0, 0.05) is 26.0 Å². The Morgan fingerprint density at radius 3 is 2.53 bits per heavy atom. The molecule has 0 atom stereocenters. The van der Waals surface area contributed by atoms with Crippen molar-refractivity contribution in [2.24, 2.45) is 0 Å². The highest BCUT2D eigenvalue weighted by atomic mass is 16.2. The highest BCUT2D eigenvalue weighted by molar-refractivity contribution is 5.93. The van der Waals surface area contributed by atoms with E-state index in [1.165, 1.54) is 0 Å². The molecule has 1 aromatic heterocycles. The minimum absolute atomic E-state index is 0.0107. The zero-order valence-electron chi connectivity index (χ0n) is 9.53. The van der Waals surface area contributed by atoms with Crippen LogP contribution < -0.4 is 0 Å². The van der Waals surface area contributed by atoms with E-state index in [-0.39, 0.29) is 5.91 Å². The predicted octanol–water partition coefficient (Wildman–Crippen LogP) is 1.66. The zero-order chi connectivity index (χ0) is 11.3. The van der Waals surface area contributed by atoms with Crippen LogP contribution in [0.1, 0.15) is 35.9 Å². The smallest absolute Gasteiger partial charge is 0.256 e. The standard InChI is InChI=1S/C11H17N3O/c1-4-5-6-14(3)11(15)10-7-12-9(2)13-8-10/h7-8H,4-6H2,1-3H3. The molecule has 0 aliphatic heterocycles. The van der Waals surface area contributed by atoms with Gasteiger partial charge in [-0.1, -0.05) is 13.3 Å². The fraction of sp³-hybridized carbons (Fsp3) is 0.545. The van der Waals surface area contributed by atoms with Crippen molar-refractivity contribution in [2.45, 2.75) is 26.7 Å². The summed E-state index contributed by atoms with van der Waals surface area (Å²) in [5.74, 6) is 0.672. The summed E-state index contributed by atoms with van der Waals surface area (Å²) in [6, 6.07) is 0. The van der Waals surface area contributed by atoms with Crippen molar-refractivity contribution in [1.82, 2.24) is 14.9 Å². The van der Waals surface area contributed by atoms with E-state index in [0.717, 1.165) is 19.4 Å². The Morgan fingerprint density at radius 1 is 1.40 bits per heavy atom. The molecule has 0 N–H and O–H groups in total. The molecule has 4 nitrogen and oxygen atoms in total. The summed E-state index contributed by atoms with van der Waals surface area (Å²) in [6.07, 6.45) is 5.26. The molecule has 1 heterocycles. The first-order valence-electron chi connectivity index (χ1n) is 5.19. The van der Waals surface area contributed by atoms with Gasteiger partial charge in [-0.25, -0.2) is 9.97 Å². The van der Waals surface area contributed by atoms with Crippen molar-refractivity contribution in [3.05, 3.63) is 23.8 Å². The maximum absolute atomic E-state index is 11.8. The van der Waals surface area contributed by atoms with E-state index < -0.39 is 0 Å².